The second-order valence-electron chi connectivity index (χ2n) is 5.31. The molecule has 0 unspecified atom stereocenters. The Labute approximate surface area is 141 Å². The largest absolute Gasteiger partial charge is 0.417 e. The zero-order valence-corrected chi connectivity index (χ0v) is 13.8. The molecule has 0 aliphatic rings. The van der Waals surface area contributed by atoms with Gasteiger partial charge < -0.3 is 0 Å². The summed E-state index contributed by atoms with van der Waals surface area (Å²) >= 11 is 3.38. The Morgan fingerprint density at radius 3 is 2.67 bits per heavy atom. The molecule has 5 nitrogen and oxygen atoms in total. The van der Waals surface area contributed by atoms with E-state index in [9.17, 15) is 13.2 Å². The van der Waals surface area contributed by atoms with Crippen molar-refractivity contribution >= 4 is 38.0 Å². The van der Waals surface area contributed by atoms with Crippen molar-refractivity contribution in [2.24, 2.45) is 7.05 Å². The summed E-state index contributed by atoms with van der Waals surface area (Å²) in [4.78, 5) is 8.16. The number of halogens is 4. The number of fused-ring (bicyclic) bond motifs is 2. The summed E-state index contributed by atoms with van der Waals surface area (Å²) in [7, 11) is 1.69. The lowest BCUT2D eigenvalue weighted by Crippen LogP contribution is -2.06. The van der Waals surface area contributed by atoms with Gasteiger partial charge in [0.15, 0.2) is 5.65 Å². The summed E-state index contributed by atoms with van der Waals surface area (Å²) in [6.07, 6.45) is -1.87. The number of hydrogen-bond donors (Lipinski definition) is 0. The third-order valence-corrected chi connectivity index (χ3v) is 4.18. The molecule has 0 aliphatic carbocycles. The molecule has 0 saturated heterocycles. The van der Waals surface area contributed by atoms with Crippen LogP contribution in [0.4, 0.5) is 13.2 Å². The molecule has 0 atom stereocenters. The lowest BCUT2D eigenvalue weighted by Gasteiger charge is -2.05. The van der Waals surface area contributed by atoms with E-state index < -0.39 is 11.7 Å². The van der Waals surface area contributed by atoms with Crippen LogP contribution in [0.1, 0.15) is 5.56 Å². The number of hydrogen-bond acceptors (Lipinski definition) is 3. The molecule has 24 heavy (non-hydrogen) atoms. The van der Waals surface area contributed by atoms with Crippen molar-refractivity contribution in [1.82, 2.24) is 24.3 Å². The van der Waals surface area contributed by atoms with Gasteiger partial charge in [-0.25, -0.2) is 14.6 Å². The quantitative estimate of drug-likeness (QED) is 0.487. The van der Waals surface area contributed by atoms with Gasteiger partial charge in [0.1, 0.15) is 5.52 Å². The van der Waals surface area contributed by atoms with Crippen LogP contribution in [0.3, 0.4) is 0 Å². The van der Waals surface area contributed by atoms with Crippen LogP contribution in [0.5, 0.6) is 0 Å². The molecule has 0 spiro atoms. The van der Waals surface area contributed by atoms with Crippen LogP contribution in [0.2, 0.25) is 0 Å². The maximum absolute atomic E-state index is 12.8. The summed E-state index contributed by atoms with van der Waals surface area (Å²) < 4.78 is 42.5. The average molecular weight is 396 g/mol. The molecule has 0 saturated carbocycles. The number of rotatable bonds is 1. The van der Waals surface area contributed by atoms with Crippen molar-refractivity contribution in [3.8, 4) is 5.95 Å². The Hall–Kier alpha value is -2.42. The van der Waals surface area contributed by atoms with E-state index in [0.717, 1.165) is 27.6 Å². The van der Waals surface area contributed by atoms with Crippen LogP contribution in [-0.4, -0.2) is 24.3 Å². The molecular weight excluding hydrogens is 387 g/mol. The molecule has 3 aromatic heterocycles. The molecule has 4 rings (SSSR count). The van der Waals surface area contributed by atoms with Crippen LogP contribution in [0, 0.1) is 0 Å². The minimum atomic E-state index is -4.45. The molecular formula is C15H9BrF3N5. The van der Waals surface area contributed by atoms with Crippen LogP contribution in [0.25, 0.3) is 28.0 Å². The van der Waals surface area contributed by atoms with Crippen LogP contribution >= 0.6 is 15.9 Å². The molecule has 0 radical (unpaired) electrons. The SMILES string of the molecule is Cn1c(-n2cc3ccc(Br)cc3n2)nc2cc(C(F)(F)F)cnc21. The van der Waals surface area contributed by atoms with Crippen LogP contribution in [0.15, 0.2) is 41.1 Å². The number of nitrogens with zero attached hydrogens (tertiary/aromatic N) is 5. The Morgan fingerprint density at radius 2 is 1.92 bits per heavy atom. The minimum absolute atomic E-state index is 0.170. The third kappa shape index (κ3) is 2.35. The predicted molar refractivity (Wildman–Crippen MR) is 85.8 cm³/mol. The van der Waals surface area contributed by atoms with Gasteiger partial charge in [-0.2, -0.15) is 18.3 Å². The smallest absolute Gasteiger partial charge is 0.296 e. The van der Waals surface area contributed by atoms with Gasteiger partial charge in [-0.1, -0.05) is 22.0 Å². The summed E-state index contributed by atoms with van der Waals surface area (Å²) in [5.41, 5.74) is 0.455. The fraction of sp³-hybridized carbons (Fsp3) is 0.133. The lowest BCUT2D eigenvalue weighted by atomic mass is 10.2. The van der Waals surface area contributed by atoms with Crippen LogP contribution in [-0.2, 0) is 13.2 Å². The third-order valence-electron chi connectivity index (χ3n) is 3.69. The first kappa shape index (κ1) is 15.1. The van der Waals surface area contributed by atoms with Crippen molar-refractivity contribution in [2.45, 2.75) is 6.18 Å². The Balaban J connectivity index is 1.90. The van der Waals surface area contributed by atoms with Crippen molar-refractivity contribution in [2.75, 3.05) is 0 Å². The summed E-state index contributed by atoms with van der Waals surface area (Å²) in [5.74, 6) is 0.393. The van der Waals surface area contributed by atoms with Crippen molar-refractivity contribution in [3.05, 3.63) is 46.7 Å². The molecule has 0 amide bonds. The standard InChI is InChI=1S/C15H9BrF3N5/c1-23-13-12(4-9(6-20-13)15(17,18)19)21-14(23)24-7-8-2-3-10(16)5-11(8)22-24/h2-7H,1H3. The second-order valence-corrected chi connectivity index (χ2v) is 6.23. The first-order valence-corrected chi connectivity index (χ1v) is 7.67. The Bertz CT molecular complexity index is 1080. The molecule has 0 aliphatic heterocycles. The van der Waals surface area contributed by atoms with Gasteiger partial charge in [0.2, 0.25) is 5.95 Å². The van der Waals surface area contributed by atoms with Gasteiger partial charge in [-0.3, -0.25) is 4.57 Å². The number of aryl methyl sites for hydroxylation is 1. The highest BCUT2D eigenvalue weighted by molar-refractivity contribution is 9.10. The van der Waals surface area contributed by atoms with E-state index in [1.807, 2.05) is 18.2 Å². The first-order chi connectivity index (χ1) is 11.3. The van der Waals surface area contributed by atoms with Gasteiger partial charge in [-0.15, -0.1) is 0 Å². The monoisotopic (exact) mass is 395 g/mol. The molecule has 4 aromatic rings. The lowest BCUT2D eigenvalue weighted by molar-refractivity contribution is -0.137. The zero-order chi connectivity index (χ0) is 17.1. The van der Waals surface area contributed by atoms with E-state index in [1.165, 1.54) is 4.68 Å². The molecule has 122 valence electrons. The molecule has 0 N–H and O–H groups in total. The fourth-order valence-electron chi connectivity index (χ4n) is 2.52. The molecule has 9 heteroatoms. The normalized spacial score (nSPS) is 12.4. The first-order valence-electron chi connectivity index (χ1n) is 6.88. The number of imidazole rings is 1. The van der Waals surface area contributed by atoms with E-state index in [4.69, 9.17) is 0 Å². The molecule has 0 bridgehead atoms. The van der Waals surface area contributed by atoms with Gasteiger partial charge in [0, 0.05) is 29.3 Å². The number of benzene rings is 1. The summed E-state index contributed by atoms with van der Waals surface area (Å²) in [5, 5.41) is 5.32. The second kappa shape index (κ2) is 5.04. The van der Waals surface area contributed by atoms with Crippen LogP contribution < -0.4 is 0 Å². The zero-order valence-electron chi connectivity index (χ0n) is 12.2. The van der Waals surface area contributed by atoms with E-state index in [0.29, 0.717) is 11.6 Å². The summed E-state index contributed by atoms with van der Waals surface area (Å²) in [6, 6.07) is 6.63. The summed E-state index contributed by atoms with van der Waals surface area (Å²) in [6.45, 7) is 0. The topological polar surface area (TPSA) is 48.5 Å². The molecule has 0 fully saturated rings. The molecule has 3 heterocycles. The van der Waals surface area contributed by atoms with E-state index in [2.05, 4.69) is 31.0 Å². The fourth-order valence-corrected chi connectivity index (χ4v) is 2.86. The number of alkyl halides is 3. The van der Waals surface area contributed by atoms with Crippen molar-refractivity contribution in [1.29, 1.82) is 0 Å². The Morgan fingerprint density at radius 1 is 1.12 bits per heavy atom. The van der Waals surface area contributed by atoms with E-state index in [-0.39, 0.29) is 5.52 Å². The number of pyridine rings is 1. The highest BCUT2D eigenvalue weighted by Gasteiger charge is 2.31. The van der Waals surface area contributed by atoms with Crippen molar-refractivity contribution < 1.29 is 13.2 Å². The Kier molecular flexibility index (Phi) is 3.17. The van der Waals surface area contributed by atoms with E-state index in [1.54, 1.807) is 17.8 Å². The van der Waals surface area contributed by atoms with Gasteiger partial charge >= 0.3 is 6.18 Å². The maximum atomic E-state index is 12.8. The molecule has 1 aromatic carbocycles. The average Bonchev–Trinajstić information content (AvgIpc) is 3.07. The maximum Gasteiger partial charge on any atom is 0.417 e. The van der Waals surface area contributed by atoms with Crippen molar-refractivity contribution in [3.63, 3.8) is 0 Å². The van der Waals surface area contributed by atoms with Gasteiger partial charge in [0.25, 0.3) is 0 Å². The number of aromatic nitrogens is 5. The van der Waals surface area contributed by atoms with Gasteiger partial charge in [-0.05, 0) is 18.2 Å². The van der Waals surface area contributed by atoms with E-state index >= 15 is 0 Å². The highest BCUT2D eigenvalue weighted by atomic mass is 79.9. The highest BCUT2D eigenvalue weighted by Crippen LogP contribution is 2.30. The van der Waals surface area contributed by atoms with Gasteiger partial charge in [0.05, 0.1) is 11.1 Å². The minimum Gasteiger partial charge on any atom is -0.296 e. The predicted octanol–water partition coefficient (Wildman–Crippen LogP) is 4.09.